The first kappa shape index (κ1) is 37.9. The molecule has 0 saturated heterocycles. The quantitative estimate of drug-likeness (QED) is 0.164. The number of aliphatic carboxylic acids is 1. The number of ether oxygens (including phenoxy) is 1. The molecule has 6 rings (SSSR count). The number of rotatable bonds is 9. The Bertz CT molecular complexity index is 1370. The van der Waals surface area contributed by atoms with E-state index in [1.165, 1.54) is 31.3 Å². The number of nitrogens with two attached hydrogens (primary N) is 1. The van der Waals surface area contributed by atoms with Crippen molar-refractivity contribution in [2.45, 2.75) is 176 Å². The molecule has 0 aliphatic heterocycles. The largest absolute Gasteiger partial charge is 0.481 e. The summed E-state index contributed by atoms with van der Waals surface area (Å²) in [6, 6.07) is 0.448. The molecule has 6 aliphatic carbocycles. The minimum Gasteiger partial charge on any atom is -0.481 e. The molecule has 0 aromatic rings. The van der Waals surface area contributed by atoms with Crippen molar-refractivity contribution in [3.63, 3.8) is 0 Å². The van der Waals surface area contributed by atoms with Gasteiger partial charge in [-0.1, -0.05) is 60.6 Å². The molecule has 0 radical (unpaired) electrons. The number of carbonyl (C=O) groups excluding carboxylic acids is 2. The fourth-order valence-corrected chi connectivity index (χ4v) is 14.6. The van der Waals surface area contributed by atoms with Crippen LogP contribution in [0, 0.1) is 62.1 Å². The maximum atomic E-state index is 13.8. The number of esters is 1. The average Bonchev–Trinajstić information content (AvgIpc) is 3.57. The molecule has 12 atom stereocenters. The van der Waals surface area contributed by atoms with Crippen molar-refractivity contribution in [2.75, 3.05) is 0 Å². The summed E-state index contributed by atoms with van der Waals surface area (Å²) >= 11 is 0. The number of amides is 1. The highest BCUT2D eigenvalue weighted by atomic mass is 16.5. The lowest BCUT2D eigenvalue weighted by Crippen LogP contribution is -2.67. The molecule has 7 nitrogen and oxygen atoms in total. The van der Waals surface area contributed by atoms with Crippen molar-refractivity contribution < 1.29 is 24.2 Å². The van der Waals surface area contributed by atoms with Crippen LogP contribution in [0.1, 0.15) is 158 Å². The minimum atomic E-state index is -0.882. The van der Waals surface area contributed by atoms with Gasteiger partial charge in [0.25, 0.3) is 0 Å². The molecule has 0 aromatic carbocycles. The second kappa shape index (κ2) is 12.9. The van der Waals surface area contributed by atoms with Gasteiger partial charge < -0.3 is 20.9 Å². The van der Waals surface area contributed by atoms with Crippen LogP contribution in [0.5, 0.6) is 0 Å². The van der Waals surface area contributed by atoms with Crippen LogP contribution in [0.25, 0.3) is 0 Å². The number of carboxylic acid groups (broad SMARTS) is 1. The Kier molecular flexibility index (Phi) is 9.77. The van der Waals surface area contributed by atoms with E-state index in [0.717, 1.165) is 57.8 Å². The first-order chi connectivity index (χ1) is 23.2. The lowest BCUT2D eigenvalue weighted by Gasteiger charge is -2.73. The van der Waals surface area contributed by atoms with Crippen molar-refractivity contribution in [1.82, 2.24) is 5.32 Å². The van der Waals surface area contributed by atoms with E-state index < -0.39 is 11.4 Å². The van der Waals surface area contributed by atoms with E-state index in [1.807, 2.05) is 13.8 Å². The third-order valence-electron chi connectivity index (χ3n) is 17.1. The molecule has 2 unspecified atom stereocenters. The second-order valence-corrected chi connectivity index (χ2v) is 20.8. The van der Waals surface area contributed by atoms with Gasteiger partial charge >= 0.3 is 11.9 Å². The Hall–Kier alpha value is -1.89. The molecule has 0 heterocycles. The number of fused-ring (bicyclic) bond motifs is 7. The monoisotopic (exact) mass is 695 g/mol. The molecule has 7 heteroatoms. The maximum Gasteiger partial charge on any atom is 0.306 e. The Balaban J connectivity index is 1.22. The molecule has 0 spiro atoms. The molecule has 6 saturated carbocycles. The van der Waals surface area contributed by atoms with Crippen molar-refractivity contribution in [2.24, 2.45) is 67.8 Å². The molecule has 50 heavy (non-hydrogen) atoms. The Labute approximate surface area is 303 Å². The Morgan fingerprint density at radius 1 is 0.860 bits per heavy atom. The smallest absolute Gasteiger partial charge is 0.306 e. The summed E-state index contributed by atoms with van der Waals surface area (Å²) in [6.07, 6.45) is 14.8. The number of carbonyl (C=O) groups is 3. The molecule has 6 fully saturated rings. The maximum absolute atomic E-state index is 13.8. The zero-order chi connectivity index (χ0) is 36.7. The third kappa shape index (κ3) is 6.19. The highest BCUT2D eigenvalue weighted by Gasteiger charge is 2.71. The highest BCUT2D eigenvalue weighted by Crippen LogP contribution is 2.78. The normalized spacial score (nSPS) is 45.0. The standard InChI is InChI=1S/C43H70N2O5/c1-26(2)29-14-19-43(23-34(46)45-28-11-10-27(44)22-28)21-20-41(8)30(37(29)43)12-13-32-40(7)17-16-33(39(5,6)31(40)15-18-42(32,41)9)50-36(49)25-38(3,4)24-35(47)48/h27-33,37H,1,10-25,44H2,2-9H3,(H,45,46)(H,47,48)/t27-,28?,29-,30+,31-,32?,33-,37+,40-,41+,42+,43+/m0/s1. The van der Waals surface area contributed by atoms with Crippen molar-refractivity contribution in [3.8, 4) is 0 Å². The molecule has 6 aliphatic rings. The number of carboxylic acids is 1. The first-order valence-electron chi connectivity index (χ1n) is 20.3. The van der Waals surface area contributed by atoms with Crippen LogP contribution in [0.3, 0.4) is 0 Å². The van der Waals surface area contributed by atoms with Crippen molar-refractivity contribution >= 4 is 17.8 Å². The van der Waals surface area contributed by atoms with Crippen LogP contribution in [0.15, 0.2) is 12.2 Å². The van der Waals surface area contributed by atoms with Gasteiger partial charge in [0, 0.05) is 23.9 Å². The van der Waals surface area contributed by atoms with Gasteiger partial charge in [-0.15, -0.1) is 0 Å². The molecule has 1 amide bonds. The molecular formula is C43H70N2O5. The van der Waals surface area contributed by atoms with Gasteiger partial charge in [-0.05, 0) is 147 Å². The molecule has 4 N–H and O–H groups in total. The zero-order valence-electron chi connectivity index (χ0n) is 32.8. The summed E-state index contributed by atoms with van der Waals surface area (Å²) in [6.45, 7) is 23.0. The van der Waals surface area contributed by atoms with Crippen molar-refractivity contribution in [3.05, 3.63) is 12.2 Å². The molecular weight excluding hydrogens is 624 g/mol. The highest BCUT2D eigenvalue weighted by molar-refractivity contribution is 5.77. The topological polar surface area (TPSA) is 119 Å². The lowest BCUT2D eigenvalue weighted by molar-refractivity contribution is -0.250. The second-order valence-electron chi connectivity index (χ2n) is 20.8. The summed E-state index contributed by atoms with van der Waals surface area (Å²) in [5, 5.41) is 12.8. The van der Waals surface area contributed by atoms with Gasteiger partial charge in [0.1, 0.15) is 6.10 Å². The van der Waals surface area contributed by atoms with E-state index in [-0.39, 0.29) is 70.0 Å². The van der Waals surface area contributed by atoms with E-state index >= 15 is 0 Å². The van der Waals surface area contributed by atoms with E-state index in [0.29, 0.717) is 36.0 Å². The summed E-state index contributed by atoms with van der Waals surface area (Å²) < 4.78 is 6.28. The molecule has 0 aromatic heterocycles. The van der Waals surface area contributed by atoms with Gasteiger partial charge in [0.15, 0.2) is 0 Å². The van der Waals surface area contributed by atoms with Crippen LogP contribution >= 0.6 is 0 Å². The van der Waals surface area contributed by atoms with Gasteiger partial charge in [-0.3, -0.25) is 14.4 Å². The minimum absolute atomic E-state index is 0.0468. The number of hydrogen-bond acceptors (Lipinski definition) is 5. The van der Waals surface area contributed by atoms with Gasteiger partial charge in [0.2, 0.25) is 5.91 Å². The summed E-state index contributed by atoms with van der Waals surface area (Å²) in [5.74, 6) is 1.75. The van der Waals surface area contributed by atoms with Gasteiger partial charge in [-0.2, -0.15) is 0 Å². The summed E-state index contributed by atoms with van der Waals surface area (Å²) in [7, 11) is 0. The number of nitrogens with one attached hydrogen (secondary N) is 1. The fourth-order valence-electron chi connectivity index (χ4n) is 14.6. The molecule has 282 valence electrons. The van der Waals surface area contributed by atoms with Crippen LogP contribution in [-0.2, 0) is 19.1 Å². The number of hydrogen-bond donors (Lipinski definition) is 3. The zero-order valence-corrected chi connectivity index (χ0v) is 32.8. The van der Waals surface area contributed by atoms with Gasteiger partial charge in [0.05, 0.1) is 12.8 Å². The molecule has 0 bridgehead atoms. The van der Waals surface area contributed by atoms with Crippen LogP contribution in [0.2, 0.25) is 0 Å². The predicted octanol–water partition coefficient (Wildman–Crippen LogP) is 8.83. The SMILES string of the molecule is C=C(C)[C@@H]1CC[C@]2(CC(=O)NC3CC[C@H](N)C3)CC[C@]3(C)[C@H](CCC4[C@@]5(C)CC[C@H](OC(=O)CC(C)(C)CC(=O)O)C(C)(C)[C@@H]5CC[C@]43C)[C@@H]12. The average molecular weight is 695 g/mol. The van der Waals surface area contributed by atoms with E-state index in [4.69, 9.17) is 10.5 Å². The van der Waals surface area contributed by atoms with E-state index in [9.17, 15) is 19.5 Å². The predicted molar refractivity (Wildman–Crippen MR) is 198 cm³/mol. The Morgan fingerprint density at radius 3 is 2.22 bits per heavy atom. The van der Waals surface area contributed by atoms with E-state index in [1.54, 1.807) is 0 Å². The summed E-state index contributed by atoms with van der Waals surface area (Å²) in [5.41, 5.74) is 7.35. The fraction of sp³-hybridized carbons (Fsp3) is 0.884. The summed E-state index contributed by atoms with van der Waals surface area (Å²) in [4.78, 5) is 38.4. The van der Waals surface area contributed by atoms with Crippen LogP contribution < -0.4 is 11.1 Å². The lowest BCUT2D eigenvalue weighted by atomic mass is 9.32. The first-order valence-corrected chi connectivity index (χ1v) is 20.3. The van der Waals surface area contributed by atoms with Crippen LogP contribution in [0.4, 0.5) is 0 Å². The van der Waals surface area contributed by atoms with E-state index in [2.05, 4.69) is 53.4 Å². The van der Waals surface area contributed by atoms with Gasteiger partial charge in [-0.25, -0.2) is 0 Å². The van der Waals surface area contributed by atoms with Crippen LogP contribution in [-0.4, -0.2) is 41.1 Å². The number of allylic oxidation sites excluding steroid dienone is 1. The Morgan fingerprint density at radius 2 is 1.58 bits per heavy atom. The van der Waals surface area contributed by atoms with Crippen molar-refractivity contribution in [1.29, 1.82) is 0 Å². The third-order valence-corrected chi connectivity index (χ3v) is 17.1.